The van der Waals surface area contributed by atoms with Gasteiger partial charge >= 0.3 is 6.09 Å². The zero-order chi connectivity index (χ0) is 15.3. The van der Waals surface area contributed by atoms with Gasteiger partial charge in [-0.1, -0.05) is 18.2 Å². The second kappa shape index (κ2) is 6.64. The smallest absolute Gasteiger partial charge is 0.407 e. The first-order valence-electron chi connectivity index (χ1n) is 7.02. The van der Waals surface area contributed by atoms with Gasteiger partial charge in [0.05, 0.1) is 0 Å². The second-order valence-electron chi connectivity index (χ2n) is 6.22. The highest BCUT2D eigenvalue weighted by atomic mass is 16.4. The van der Waals surface area contributed by atoms with E-state index in [-0.39, 0.29) is 11.6 Å². The number of rotatable bonds is 5. The highest BCUT2D eigenvalue weighted by Crippen LogP contribution is 2.20. The van der Waals surface area contributed by atoms with E-state index < -0.39 is 6.09 Å². The first kappa shape index (κ1) is 16.3. The zero-order valence-corrected chi connectivity index (χ0v) is 13.1. The first-order valence-corrected chi connectivity index (χ1v) is 7.02. The fourth-order valence-electron chi connectivity index (χ4n) is 2.46. The lowest BCUT2D eigenvalue weighted by Gasteiger charge is -2.38. The highest BCUT2D eigenvalue weighted by molar-refractivity contribution is 5.66. The second-order valence-corrected chi connectivity index (χ2v) is 6.22. The quantitative estimate of drug-likeness (QED) is 0.893. The van der Waals surface area contributed by atoms with Crippen LogP contribution in [0.5, 0.6) is 0 Å². The van der Waals surface area contributed by atoms with Gasteiger partial charge in [0.2, 0.25) is 0 Å². The third kappa shape index (κ3) is 4.44. The van der Waals surface area contributed by atoms with Crippen LogP contribution >= 0.6 is 0 Å². The predicted octanol–water partition coefficient (Wildman–Crippen LogP) is 3.68. The van der Waals surface area contributed by atoms with Crippen LogP contribution in [0.2, 0.25) is 0 Å². The Kier molecular flexibility index (Phi) is 5.43. The number of hydrogen-bond donors (Lipinski definition) is 1. The van der Waals surface area contributed by atoms with E-state index in [0.29, 0.717) is 0 Å². The molecular weight excluding hydrogens is 252 g/mol. The molecule has 4 nitrogen and oxygen atoms in total. The van der Waals surface area contributed by atoms with Gasteiger partial charge in [0, 0.05) is 30.9 Å². The molecule has 112 valence electrons. The third-order valence-corrected chi connectivity index (χ3v) is 3.45. The van der Waals surface area contributed by atoms with Crippen molar-refractivity contribution in [1.82, 2.24) is 4.90 Å². The summed E-state index contributed by atoms with van der Waals surface area (Å²) < 4.78 is 0. The summed E-state index contributed by atoms with van der Waals surface area (Å²) in [6, 6.07) is 10.1. The van der Waals surface area contributed by atoms with E-state index in [1.807, 2.05) is 52.9 Å². The summed E-state index contributed by atoms with van der Waals surface area (Å²) in [6.07, 6.45) is -0.0537. The lowest BCUT2D eigenvalue weighted by atomic mass is 10.0. The molecule has 0 aromatic heterocycles. The van der Waals surface area contributed by atoms with Crippen LogP contribution in [0.25, 0.3) is 0 Å². The van der Waals surface area contributed by atoms with Crippen molar-refractivity contribution in [3.8, 4) is 0 Å². The van der Waals surface area contributed by atoms with Crippen LogP contribution in [0.4, 0.5) is 10.5 Å². The summed E-state index contributed by atoms with van der Waals surface area (Å²) in [5.41, 5.74) is 0.772. The standard InChI is InChI=1S/C16H26N2O2/c1-13(18(15(19)20)16(2,3)4)11-12-17(5)14-9-7-6-8-10-14/h6-10,13H,11-12H2,1-5H3,(H,19,20). The van der Waals surface area contributed by atoms with Crippen LogP contribution in [-0.2, 0) is 0 Å². The van der Waals surface area contributed by atoms with E-state index in [2.05, 4.69) is 17.0 Å². The molecule has 1 N–H and O–H groups in total. The number of hydrogen-bond acceptors (Lipinski definition) is 2. The number of amides is 1. The maximum Gasteiger partial charge on any atom is 0.407 e. The van der Waals surface area contributed by atoms with Crippen molar-refractivity contribution in [3.63, 3.8) is 0 Å². The number of carboxylic acid groups (broad SMARTS) is 1. The molecule has 0 radical (unpaired) electrons. The monoisotopic (exact) mass is 278 g/mol. The van der Waals surface area contributed by atoms with Gasteiger partial charge in [0.15, 0.2) is 0 Å². The SMILES string of the molecule is CC(CCN(C)c1ccccc1)N(C(=O)O)C(C)(C)C. The number of para-hydroxylation sites is 1. The molecule has 1 aromatic rings. The van der Waals surface area contributed by atoms with Gasteiger partial charge in [-0.15, -0.1) is 0 Å². The topological polar surface area (TPSA) is 43.8 Å². The number of benzene rings is 1. The minimum atomic E-state index is -0.854. The van der Waals surface area contributed by atoms with Crippen molar-refractivity contribution in [1.29, 1.82) is 0 Å². The molecule has 1 unspecified atom stereocenters. The van der Waals surface area contributed by atoms with Gasteiger partial charge < -0.3 is 14.9 Å². The Balaban J connectivity index is 2.62. The number of nitrogens with zero attached hydrogens (tertiary/aromatic N) is 2. The molecule has 0 saturated heterocycles. The van der Waals surface area contributed by atoms with E-state index in [9.17, 15) is 9.90 Å². The molecule has 0 fully saturated rings. The van der Waals surface area contributed by atoms with Gasteiger partial charge in [0.1, 0.15) is 0 Å². The summed E-state index contributed by atoms with van der Waals surface area (Å²) in [4.78, 5) is 15.1. The van der Waals surface area contributed by atoms with E-state index in [1.165, 1.54) is 4.90 Å². The molecule has 1 aromatic carbocycles. The maximum atomic E-state index is 11.4. The molecule has 0 aliphatic carbocycles. The average molecular weight is 278 g/mol. The van der Waals surface area contributed by atoms with Crippen molar-refractivity contribution < 1.29 is 9.90 Å². The van der Waals surface area contributed by atoms with Crippen molar-refractivity contribution >= 4 is 11.8 Å². The Morgan fingerprint density at radius 3 is 2.25 bits per heavy atom. The minimum Gasteiger partial charge on any atom is -0.465 e. The van der Waals surface area contributed by atoms with Crippen molar-refractivity contribution in [2.45, 2.75) is 45.7 Å². The fraction of sp³-hybridized carbons (Fsp3) is 0.562. The summed E-state index contributed by atoms with van der Waals surface area (Å²) in [7, 11) is 2.03. The molecule has 0 spiro atoms. The Hall–Kier alpha value is -1.71. The molecule has 1 atom stereocenters. The van der Waals surface area contributed by atoms with Crippen LogP contribution < -0.4 is 4.90 Å². The minimum absolute atomic E-state index is 0.0151. The van der Waals surface area contributed by atoms with E-state index in [0.717, 1.165) is 18.7 Å². The molecular formula is C16H26N2O2. The first-order chi connectivity index (χ1) is 9.23. The van der Waals surface area contributed by atoms with Crippen molar-refractivity contribution in [3.05, 3.63) is 30.3 Å². The van der Waals surface area contributed by atoms with Crippen LogP contribution in [-0.4, -0.2) is 41.3 Å². The van der Waals surface area contributed by atoms with Crippen LogP contribution in [0.15, 0.2) is 30.3 Å². The zero-order valence-electron chi connectivity index (χ0n) is 13.1. The highest BCUT2D eigenvalue weighted by Gasteiger charge is 2.30. The summed E-state index contributed by atoms with van der Waals surface area (Å²) in [6.45, 7) is 8.58. The van der Waals surface area contributed by atoms with Gasteiger partial charge in [-0.2, -0.15) is 0 Å². The molecule has 0 aliphatic rings. The summed E-state index contributed by atoms with van der Waals surface area (Å²) in [5.74, 6) is 0. The summed E-state index contributed by atoms with van der Waals surface area (Å²) in [5, 5.41) is 9.37. The van der Waals surface area contributed by atoms with Crippen LogP contribution in [0.1, 0.15) is 34.1 Å². The van der Waals surface area contributed by atoms with Crippen molar-refractivity contribution in [2.24, 2.45) is 0 Å². The molecule has 20 heavy (non-hydrogen) atoms. The average Bonchev–Trinajstić information content (AvgIpc) is 2.34. The third-order valence-electron chi connectivity index (χ3n) is 3.45. The molecule has 0 heterocycles. The molecule has 0 bridgehead atoms. The van der Waals surface area contributed by atoms with Gasteiger partial charge in [-0.3, -0.25) is 0 Å². The Morgan fingerprint density at radius 1 is 1.25 bits per heavy atom. The van der Waals surface area contributed by atoms with Crippen molar-refractivity contribution in [2.75, 3.05) is 18.5 Å². The number of anilines is 1. The van der Waals surface area contributed by atoms with Gasteiger partial charge in [0.25, 0.3) is 0 Å². The summed E-state index contributed by atoms with van der Waals surface area (Å²) >= 11 is 0. The molecule has 4 heteroatoms. The van der Waals surface area contributed by atoms with E-state index in [4.69, 9.17) is 0 Å². The van der Waals surface area contributed by atoms with Gasteiger partial charge in [-0.05, 0) is 46.2 Å². The maximum absolute atomic E-state index is 11.4. The molecule has 1 rings (SSSR count). The van der Waals surface area contributed by atoms with Crippen LogP contribution in [0, 0.1) is 0 Å². The molecule has 1 amide bonds. The molecule has 0 aliphatic heterocycles. The Labute approximate surface area is 122 Å². The molecule has 0 saturated carbocycles. The number of carbonyl (C=O) groups is 1. The Bertz CT molecular complexity index is 426. The van der Waals surface area contributed by atoms with Gasteiger partial charge in [-0.25, -0.2) is 4.79 Å². The van der Waals surface area contributed by atoms with E-state index in [1.54, 1.807) is 0 Å². The lowest BCUT2D eigenvalue weighted by Crippen LogP contribution is -2.50. The largest absolute Gasteiger partial charge is 0.465 e. The fourth-order valence-corrected chi connectivity index (χ4v) is 2.46. The van der Waals surface area contributed by atoms with E-state index >= 15 is 0 Å². The predicted molar refractivity (Wildman–Crippen MR) is 83.4 cm³/mol. The lowest BCUT2D eigenvalue weighted by molar-refractivity contribution is 0.0735. The Morgan fingerprint density at radius 2 is 1.80 bits per heavy atom. The normalized spacial score (nSPS) is 12.8. The van der Waals surface area contributed by atoms with Crippen LogP contribution in [0.3, 0.4) is 0 Å².